The van der Waals surface area contributed by atoms with Crippen molar-refractivity contribution >= 4 is 5.97 Å². The quantitative estimate of drug-likeness (QED) is 0.408. The van der Waals surface area contributed by atoms with Gasteiger partial charge in [0, 0.05) is 6.42 Å². The van der Waals surface area contributed by atoms with Crippen molar-refractivity contribution in [1.82, 2.24) is 0 Å². The van der Waals surface area contributed by atoms with Gasteiger partial charge in [0.25, 0.3) is 0 Å². The van der Waals surface area contributed by atoms with Crippen LogP contribution in [0.25, 0.3) is 0 Å². The molecular weight excluding hydrogens is 364 g/mol. The van der Waals surface area contributed by atoms with E-state index in [1.165, 1.54) is 5.56 Å². The molecule has 1 aromatic carbocycles. The number of carbonyl (C=O) groups is 1. The van der Waals surface area contributed by atoms with E-state index in [0.717, 1.165) is 31.2 Å². The minimum atomic E-state index is -0.787. The number of ether oxygens (including phenoxy) is 3. The first-order chi connectivity index (χ1) is 13.9. The maximum Gasteiger partial charge on any atom is 0.314 e. The zero-order chi connectivity index (χ0) is 20.3. The molecule has 2 bridgehead atoms. The molecule has 0 radical (unpaired) electrons. The van der Waals surface area contributed by atoms with Gasteiger partial charge in [0.2, 0.25) is 0 Å². The molecule has 1 saturated heterocycles. The number of allylic oxidation sites excluding steroid dienone is 2. The van der Waals surface area contributed by atoms with Crippen molar-refractivity contribution in [2.45, 2.75) is 71.4 Å². The molecule has 5 rings (SSSR count). The summed E-state index contributed by atoms with van der Waals surface area (Å²) in [6, 6.07) is 6.00. The number of aryl methyl sites for hydroxylation is 1. The smallest absolute Gasteiger partial charge is 0.314 e. The van der Waals surface area contributed by atoms with Gasteiger partial charge < -0.3 is 14.2 Å². The van der Waals surface area contributed by atoms with Gasteiger partial charge in [0.1, 0.15) is 5.75 Å². The van der Waals surface area contributed by atoms with Crippen LogP contribution in [-0.4, -0.2) is 18.2 Å². The Bertz CT molecular complexity index is 823. The molecule has 1 heterocycles. The molecule has 5 atom stereocenters. The second-order valence-corrected chi connectivity index (χ2v) is 10.0. The van der Waals surface area contributed by atoms with E-state index < -0.39 is 5.79 Å². The molecule has 1 saturated carbocycles. The van der Waals surface area contributed by atoms with E-state index in [1.54, 1.807) is 0 Å². The lowest BCUT2D eigenvalue weighted by molar-refractivity contribution is -0.188. The fourth-order valence-electron chi connectivity index (χ4n) is 5.83. The molecule has 0 aromatic heterocycles. The highest BCUT2D eigenvalue weighted by molar-refractivity contribution is 5.77. The second kappa shape index (κ2) is 6.95. The van der Waals surface area contributed by atoms with Crippen LogP contribution in [0.1, 0.15) is 58.1 Å². The minimum Gasteiger partial charge on any atom is -0.426 e. The highest BCUT2D eigenvalue weighted by atomic mass is 16.8. The van der Waals surface area contributed by atoms with Crippen LogP contribution in [0.3, 0.4) is 0 Å². The summed E-state index contributed by atoms with van der Waals surface area (Å²) in [6.45, 7) is 8.75. The highest BCUT2D eigenvalue weighted by Gasteiger charge is 2.55. The highest BCUT2D eigenvalue weighted by Crippen LogP contribution is 2.53. The molecule has 1 aliphatic heterocycles. The molecule has 1 aromatic rings. The largest absolute Gasteiger partial charge is 0.426 e. The average molecular weight is 397 g/mol. The van der Waals surface area contributed by atoms with Gasteiger partial charge >= 0.3 is 5.97 Å². The van der Waals surface area contributed by atoms with Crippen molar-refractivity contribution in [2.24, 2.45) is 29.6 Å². The predicted octanol–water partition coefficient (Wildman–Crippen LogP) is 5.00. The van der Waals surface area contributed by atoms with Crippen LogP contribution in [0.5, 0.6) is 5.75 Å². The average Bonchev–Trinajstić information content (AvgIpc) is 3.45. The Morgan fingerprint density at radius 1 is 1.07 bits per heavy atom. The molecule has 1 spiro atoms. The predicted molar refractivity (Wildman–Crippen MR) is 110 cm³/mol. The molecule has 0 amide bonds. The maximum atomic E-state index is 13.0. The summed E-state index contributed by atoms with van der Waals surface area (Å²) >= 11 is 0. The summed E-state index contributed by atoms with van der Waals surface area (Å²) in [6.07, 6.45) is 8.20. The van der Waals surface area contributed by atoms with Crippen molar-refractivity contribution in [3.8, 4) is 5.75 Å². The van der Waals surface area contributed by atoms with Crippen LogP contribution < -0.4 is 4.74 Å². The van der Waals surface area contributed by atoms with E-state index in [9.17, 15) is 4.79 Å². The Hall–Kier alpha value is -1.65. The zero-order valence-electron chi connectivity index (χ0n) is 17.9. The van der Waals surface area contributed by atoms with Crippen molar-refractivity contribution in [2.75, 3.05) is 0 Å². The lowest BCUT2D eigenvalue weighted by atomic mass is 9.94. The zero-order valence-corrected chi connectivity index (χ0v) is 17.9. The van der Waals surface area contributed by atoms with Crippen LogP contribution in [0.4, 0.5) is 0 Å². The van der Waals surface area contributed by atoms with E-state index in [-0.39, 0.29) is 24.1 Å². The monoisotopic (exact) mass is 396 g/mol. The molecule has 0 unspecified atom stereocenters. The Balaban J connectivity index is 1.45. The van der Waals surface area contributed by atoms with Gasteiger partial charge in [0.05, 0.1) is 23.7 Å². The van der Waals surface area contributed by atoms with E-state index >= 15 is 0 Å². The SMILES string of the molecule is CC(C)[C@@H]1OC2(CCc3cccc(OC(=O)[C@@H]4C[C@@H]5C=C[C@H]4C5)c32)O[C@H]1C(C)C. The standard InChI is InChI=1S/C25H32O4/c1-14(2)22-23(15(3)4)29-25(28-22)11-10-17-6-5-7-20(21(17)25)27-24(26)19-13-16-8-9-18(19)12-16/h5-9,14-16,18-19,22-23H,10-13H2,1-4H3/t16-,18+,19-,22+,23+/m1/s1. The van der Waals surface area contributed by atoms with Gasteiger partial charge in [-0.2, -0.15) is 0 Å². The van der Waals surface area contributed by atoms with Crippen LogP contribution in [0, 0.1) is 29.6 Å². The third-order valence-electron chi connectivity index (χ3n) is 7.30. The van der Waals surface area contributed by atoms with Gasteiger partial charge in [-0.15, -0.1) is 0 Å². The molecule has 4 nitrogen and oxygen atoms in total. The van der Waals surface area contributed by atoms with Gasteiger partial charge in [0.15, 0.2) is 5.79 Å². The molecule has 156 valence electrons. The Morgan fingerprint density at radius 2 is 1.79 bits per heavy atom. The molecule has 4 heteroatoms. The number of carbonyl (C=O) groups excluding carboxylic acids is 1. The summed E-state index contributed by atoms with van der Waals surface area (Å²) in [4.78, 5) is 13.0. The summed E-state index contributed by atoms with van der Waals surface area (Å²) < 4.78 is 19.3. The van der Waals surface area contributed by atoms with Crippen molar-refractivity contribution in [1.29, 1.82) is 0 Å². The topological polar surface area (TPSA) is 44.8 Å². The first-order valence-corrected chi connectivity index (χ1v) is 11.3. The van der Waals surface area contributed by atoms with E-state index in [1.807, 2.05) is 12.1 Å². The van der Waals surface area contributed by atoms with Crippen molar-refractivity contribution in [3.63, 3.8) is 0 Å². The second-order valence-electron chi connectivity index (χ2n) is 10.0. The molecule has 0 N–H and O–H groups in total. The molecule has 3 aliphatic carbocycles. The first kappa shape index (κ1) is 19.3. The van der Waals surface area contributed by atoms with Crippen LogP contribution in [0.2, 0.25) is 0 Å². The number of esters is 1. The van der Waals surface area contributed by atoms with E-state index in [0.29, 0.717) is 29.4 Å². The number of benzene rings is 1. The van der Waals surface area contributed by atoms with Gasteiger partial charge in [-0.3, -0.25) is 4.79 Å². The van der Waals surface area contributed by atoms with E-state index in [4.69, 9.17) is 14.2 Å². The third kappa shape index (κ3) is 3.07. The fourth-order valence-corrected chi connectivity index (χ4v) is 5.83. The van der Waals surface area contributed by atoms with Crippen LogP contribution in [-0.2, 0) is 26.5 Å². The summed E-state index contributed by atoms with van der Waals surface area (Å²) in [5.41, 5.74) is 2.12. The number of hydrogen-bond acceptors (Lipinski definition) is 4. The van der Waals surface area contributed by atoms with Gasteiger partial charge in [-0.1, -0.05) is 52.0 Å². The van der Waals surface area contributed by atoms with Crippen LogP contribution >= 0.6 is 0 Å². The first-order valence-electron chi connectivity index (χ1n) is 11.3. The Labute approximate surface area is 173 Å². The molecule has 2 fully saturated rings. The number of fused-ring (bicyclic) bond motifs is 4. The summed E-state index contributed by atoms with van der Waals surface area (Å²) in [5, 5.41) is 0. The van der Waals surface area contributed by atoms with Gasteiger partial charge in [-0.25, -0.2) is 0 Å². The fraction of sp³-hybridized carbons (Fsp3) is 0.640. The number of rotatable bonds is 4. The van der Waals surface area contributed by atoms with Gasteiger partial charge in [-0.05, 0) is 54.6 Å². The van der Waals surface area contributed by atoms with E-state index in [2.05, 4.69) is 45.9 Å². The third-order valence-corrected chi connectivity index (χ3v) is 7.30. The lowest BCUT2D eigenvalue weighted by Gasteiger charge is -2.27. The molecule has 29 heavy (non-hydrogen) atoms. The minimum absolute atomic E-state index is 0.0181. The maximum absolute atomic E-state index is 13.0. The molecular formula is C25H32O4. The van der Waals surface area contributed by atoms with Crippen molar-refractivity contribution in [3.05, 3.63) is 41.5 Å². The molecule has 4 aliphatic rings. The Kier molecular flexibility index (Phi) is 4.63. The Morgan fingerprint density at radius 3 is 2.38 bits per heavy atom. The number of hydrogen-bond donors (Lipinski definition) is 0. The van der Waals surface area contributed by atoms with Crippen molar-refractivity contribution < 1.29 is 19.0 Å². The van der Waals surface area contributed by atoms with Crippen LogP contribution in [0.15, 0.2) is 30.4 Å². The summed E-state index contributed by atoms with van der Waals surface area (Å²) in [7, 11) is 0. The summed E-state index contributed by atoms with van der Waals surface area (Å²) in [5.74, 6) is 1.33. The lowest BCUT2D eigenvalue weighted by Crippen LogP contribution is -2.31. The normalized spacial score (nSPS) is 33.9.